The highest BCUT2D eigenvalue weighted by molar-refractivity contribution is 6.23. The minimum atomic E-state index is -0.970. The quantitative estimate of drug-likeness (QED) is 0.216. The summed E-state index contributed by atoms with van der Waals surface area (Å²) in [5, 5.41) is 8.16. The molecule has 6 heterocycles. The molecule has 5 aliphatic rings. The number of fused-ring (bicyclic) bond motifs is 2. The maximum absolute atomic E-state index is 13.4. The van der Waals surface area contributed by atoms with Crippen molar-refractivity contribution in [3.8, 4) is 22.8 Å². The highest BCUT2D eigenvalue weighted by atomic mass is 16.5. The summed E-state index contributed by atoms with van der Waals surface area (Å²) in [6.07, 6.45) is 7.01. The number of likely N-dealkylation sites (tertiary alicyclic amines) is 1. The van der Waals surface area contributed by atoms with Crippen LogP contribution in [0.4, 0.5) is 11.5 Å². The van der Waals surface area contributed by atoms with E-state index in [0.29, 0.717) is 23.0 Å². The minimum absolute atomic E-state index is 0.0957. The van der Waals surface area contributed by atoms with E-state index in [0.717, 1.165) is 103 Å². The van der Waals surface area contributed by atoms with Gasteiger partial charge < -0.3 is 15.4 Å². The van der Waals surface area contributed by atoms with Crippen molar-refractivity contribution >= 4 is 46.2 Å². The molecule has 5 aromatic rings. The van der Waals surface area contributed by atoms with Crippen molar-refractivity contribution in [3.63, 3.8) is 0 Å². The first-order chi connectivity index (χ1) is 27.2. The molecule has 1 spiro atoms. The van der Waals surface area contributed by atoms with Crippen molar-refractivity contribution < 1.29 is 23.9 Å². The number of carbonyl (C=O) groups excluding carboxylic acids is 4. The second-order valence-corrected chi connectivity index (χ2v) is 15.9. The van der Waals surface area contributed by atoms with Crippen LogP contribution in [-0.4, -0.2) is 91.4 Å². The van der Waals surface area contributed by atoms with E-state index in [2.05, 4.69) is 29.8 Å². The normalized spacial score (nSPS) is 22.5. The molecule has 0 radical (unpaired) electrons. The van der Waals surface area contributed by atoms with Crippen molar-refractivity contribution in [2.24, 2.45) is 5.41 Å². The number of anilines is 2. The molecule has 4 fully saturated rings. The van der Waals surface area contributed by atoms with Crippen molar-refractivity contribution in [2.45, 2.75) is 63.1 Å². The monoisotopic (exact) mass is 751 g/mol. The van der Waals surface area contributed by atoms with Gasteiger partial charge in [-0.25, -0.2) is 14.6 Å². The summed E-state index contributed by atoms with van der Waals surface area (Å²) < 4.78 is 8.09. The number of hydrogen-bond acceptors (Lipinski definition) is 11. The molecule has 3 N–H and O–H groups in total. The number of benzene rings is 3. The number of rotatable bonds is 7. The zero-order valence-corrected chi connectivity index (χ0v) is 30.8. The third kappa shape index (κ3) is 5.78. The van der Waals surface area contributed by atoms with Crippen LogP contribution in [0.5, 0.6) is 11.5 Å². The third-order valence-corrected chi connectivity index (χ3v) is 12.5. The average molecular weight is 752 g/mol. The van der Waals surface area contributed by atoms with Gasteiger partial charge in [-0.3, -0.25) is 34.3 Å². The lowest BCUT2D eigenvalue weighted by Gasteiger charge is -2.55. The van der Waals surface area contributed by atoms with E-state index in [1.165, 1.54) is 6.33 Å². The van der Waals surface area contributed by atoms with Gasteiger partial charge in [0.05, 0.1) is 22.6 Å². The first kappa shape index (κ1) is 34.3. The van der Waals surface area contributed by atoms with Crippen molar-refractivity contribution in [1.29, 1.82) is 0 Å². The van der Waals surface area contributed by atoms with Gasteiger partial charge in [-0.1, -0.05) is 18.2 Å². The van der Waals surface area contributed by atoms with Crippen LogP contribution in [0.2, 0.25) is 0 Å². The minimum Gasteiger partial charge on any atom is -0.457 e. The molecule has 1 aliphatic carbocycles. The van der Waals surface area contributed by atoms with E-state index < -0.39 is 23.8 Å². The standard InChI is InChI=1S/C42H41N9O5/c43-37-35-36(25-6-9-30(10-7-25)56-29-4-2-1-3-5-29)47-51(38(35)45-24-44-37)26-14-17-42(18-15-26)22-49(23-42)28-16-19-48(21-28)27-8-11-31-32(20-27)41(55)50(40(31)54)33-12-13-34(52)46-39(33)53/h1-11,20,24,26,28,33H,12-19,21-23H2,(H2,43,44,45)(H,46,52,53). The Kier molecular flexibility index (Phi) is 8.13. The molecule has 2 aromatic heterocycles. The van der Waals surface area contributed by atoms with Crippen molar-refractivity contribution in [2.75, 3.05) is 36.8 Å². The van der Waals surface area contributed by atoms with Gasteiger partial charge in [0.15, 0.2) is 5.65 Å². The highest BCUT2D eigenvalue weighted by Crippen LogP contribution is 2.49. The molecule has 284 valence electrons. The fourth-order valence-electron chi connectivity index (χ4n) is 9.54. The topological polar surface area (TPSA) is 169 Å². The zero-order chi connectivity index (χ0) is 38.1. The summed E-state index contributed by atoms with van der Waals surface area (Å²) in [4.78, 5) is 65.6. The summed E-state index contributed by atoms with van der Waals surface area (Å²) in [5.41, 5.74) is 10.7. The van der Waals surface area contributed by atoms with Gasteiger partial charge in [-0.2, -0.15) is 5.10 Å². The van der Waals surface area contributed by atoms with E-state index in [9.17, 15) is 19.2 Å². The molecule has 10 rings (SSSR count). The first-order valence-electron chi connectivity index (χ1n) is 19.4. The lowest BCUT2D eigenvalue weighted by atomic mass is 9.67. The molecule has 14 nitrogen and oxygen atoms in total. The second kappa shape index (κ2) is 13.3. The fraction of sp³-hybridized carbons (Fsp3) is 0.357. The van der Waals surface area contributed by atoms with E-state index in [1.54, 1.807) is 12.1 Å². The van der Waals surface area contributed by atoms with Crippen LogP contribution >= 0.6 is 0 Å². The number of nitrogens with one attached hydrogen (secondary N) is 1. The Morgan fingerprint density at radius 1 is 0.804 bits per heavy atom. The van der Waals surface area contributed by atoms with Crippen LogP contribution in [0.25, 0.3) is 22.3 Å². The number of carbonyl (C=O) groups is 4. The maximum atomic E-state index is 13.4. The van der Waals surface area contributed by atoms with Gasteiger partial charge in [-0.15, -0.1) is 0 Å². The molecule has 1 saturated carbocycles. The molecule has 4 amide bonds. The number of aromatic nitrogens is 4. The fourth-order valence-corrected chi connectivity index (χ4v) is 9.54. The first-order valence-corrected chi connectivity index (χ1v) is 19.4. The van der Waals surface area contributed by atoms with E-state index in [-0.39, 0.29) is 30.2 Å². The van der Waals surface area contributed by atoms with Gasteiger partial charge >= 0.3 is 0 Å². The number of nitrogens with zero attached hydrogens (tertiary/aromatic N) is 7. The van der Waals surface area contributed by atoms with Crippen LogP contribution in [0.3, 0.4) is 0 Å². The number of ether oxygens (including phenoxy) is 1. The Labute approximate surface area is 322 Å². The molecule has 0 bridgehead atoms. The number of imide groups is 2. The number of piperidine rings is 1. The molecule has 2 unspecified atom stereocenters. The zero-order valence-electron chi connectivity index (χ0n) is 30.8. The smallest absolute Gasteiger partial charge is 0.262 e. The van der Waals surface area contributed by atoms with Crippen molar-refractivity contribution in [3.05, 3.63) is 90.3 Å². The lowest BCUT2D eigenvalue weighted by molar-refractivity contribution is -0.136. The summed E-state index contributed by atoms with van der Waals surface area (Å²) in [7, 11) is 0. The summed E-state index contributed by atoms with van der Waals surface area (Å²) >= 11 is 0. The number of amides is 4. The van der Waals surface area contributed by atoms with Crippen LogP contribution in [-0.2, 0) is 9.59 Å². The molecule has 3 aromatic carbocycles. The third-order valence-electron chi connectivity index (χ3n) is 12.5. The van der Waals surface area contributed by atoms with Crippen LogP contribution < -0.4 is 20.7 Å². The van der Waals surface area contributed by atoms with Gasteiger partial charge in [0.2, 0.25) is 11.8 Å². The maximum Gasteiger partial charge on any atom is 0.262 e. The van der Waals surface area contributed by atoms with Crippen LogP contribution in [0.15, 0.2) is 79.1 Å². The molecule has 2 atom stereocenters. The predicted molar refractivity (Wildman–Crippen MR) is 207 cm³/mol. The predicted octanol–water partition coefficient (Wildman–Crippen LogP) is 4.97. The van der Waals surface area contributed by atoms with Crippen LogP contribution in [0.1, 0.15) is 71.7 Å². The highest BCUT2D eigenvalue weighted by Gasteiger charge is 2.49. The average Bonchev–Trinajstić information content (AvgIpc) is 3.91. The lowest BCUT2D eigenvalue weighted by Crippen LogP contribution is -2.61. The Bertz CT molecular complexity index is 2400. The Hall–Kier alpha value is -6.15. The molecule has 14 heteroatoms. The summed E-state index contributed by atoms with van der Waals surface area (Å²) in [5.74, 6) is -0.0118. The SMILES string of the molecule is Nc1ncnc2c1c(-c1ccc(Oc3ccccc3)cc1)nn2C1CCC2(CC1)CN(C1CCN(c3ccc4c(c3)C(=O)N(C3CCC(=O)NC3=O)C4=O)C1)C2. The second-order valence-electron chi connectivity index (χ2n) is 15.9. The van der Waals surface area contributed by atoms with Gasteiger partial charge in [0.1, 0.15) is 35.4 Å². The molecule has 56 heavy (non-hydrogen) atoms. The number of nitrogen functional groups attached to an aromatic ring is 1. The molecular formula is C42H41N9O5. The number of nitrogens with two attached hydrogens (primary N) is 1. The molecule has 3 saturated heterocycles. The van der Waals surface area contributed by atoms with Gasteiger partial charge in [0.25, 0.3) is 11.8 Å². The van der Waals surface area contributed by atoms with E-state index in [4.69, 9.17) is 15.6 Å². The van der Waals surface area contributed by atoms with Crippen LogP contribution in [0, 0.1) is 5.41 Å². The number of para-hydroxylation sites is 1. The molecular weight excluding hydrogens is 711 g/mol. The van der Waals surface area contributed by atoms with Gasteiger partial charge in [0, 0.05) is 49.9 Å². The van der Waals surface area contributed by atoms with E-state index >= 15 is 0 Å². The Morgan fingerprint density at radius 2 is 1.55 bits per heavy atom. The molecule has 4 aliphatic heterocycles. The largest absolute Gasteiger partial charge is 0.457 e. The van der Waals surface area contributed by atoms with Crippen molar-refractivity contribution in [1.82, 2.24) is 34.9 Å². The summed E-state index contributed by atoms with van der Waals surface area (Å²) in [6, 6.07) is 22.6. The summed E-state index contributed by atoms with van der Waals surface area (Å²) in [6.45, 7) is 3.83. The van der Waals surface area contributed by atoms with E-state index in [1.807, 2.05) is 60.7 Å². The van der Waals surface area contributed by atoms with Gasteiger partial charge in [-0.05, 0) is 98.5 Å². The Balaban J connectivity index is 0.777. The number of hydrogen-bond donors (Lipinski definition) is 2. The Morgan fingerprint density at radius 3 is 2.32 bits per heavy atom.